The summed E-state index contributed by atoms with van der Waals surface area (Å²) in [5.41, 5.74) is -0.297. The van der Waals surface area contributed by atoms with Gasteiger partial charge >= 0.3 is 6.09 Å². The summed E-state index contributed by atoms with van der Waals surface area (Å²) in [6.45, 7) is 7.58. The molecule has 0 fully saturated rings. The topological polar surface area (TPSA) is 115 Å². The van der Waals surface area contributed by atoms with Crippen LogP contribution in [0.2, 0.25) is 0 Å². The third-order valence-corrected chi connectivity index (χ3v) is 5.19. The number of rotatable bonds is 3. The number of amidine groups is 1. The van der Waals surface area contributed by atoms with Crippen LogP contribution in [-0.2, 0) is 15.0 Å². The first kappa shape index (κ1) is 24.3. The molecule has 1 aromatic carbocycles. The van der Waals surface area contributed by atoms with Crippen LogP contribution >= 0.6 is 31.9 Å². The largest absolute Gasteiger partial charge is 0.444 e. The molecule has 1 aliphatic rings. The Kier molecular flexibility index (Phi) is 7.31. The number of carbonyl (C=O) groups excluding carboxylic acids is 2. The molecule has 1 atom stereocenters. The Morgan fingerprint density at radius 3 is 2.47 bits per heavy atom. The zero-order valence-corrected chi connectivity index (χ0v) is 21.2. The van der Waals surface area contributed by atoms with E-state index in [4.69, 9.17) is 14.5 Å². The predicted octanol–water partition coefficient (Wildman–Crippen LogP) is 4.42. The van der Waals surface area contributed by atoms with Gasteiger partial charge in [0.25, 0.3) is 5.91 Å². The zero-order chi connectivity index (χ0) is 23.5. The maximum Gasteiger partial charge on any atom is 0.413 e. The van der Waals surface area contributed by atoms with Gasteiger partial charge in [0.2, 0.25) is 5.82 Å². The van der Waals surface area contributed by atoms with Crippen LogP contribution in [-0.4, -0.2) is 46.6 Å². The molecule has 0 saturated carbocycles. The van der Waals surface area contributed by atoms with Gasteiger partial charge in [-0.05, 0) is 61.8 Å². The van der Waals surface area contributed by atoms with Gasteiger partial charge in [-0.2, -0.15) is 0 Å². The molecule has 2 amide bonds. The molecule has 32 heavy (non-hydrogen) atoms. The summed E-state index contributed by atoms with van der Waals surface area (Å²) in [4.78, 5) is 37.6. The Hall–Kier alpha value is -2.37. The first-order valence-electron chi connectivity index (χ1n) is 9.71. The van der Waals surface area contributed by atoms with Gasteiger partial charge in [-0.3, -0.25) is 15.1 Å². The molecule has 0 aliphatic carbocycles. The lowest BCUT2D eigenvalue weighted by Gasteiger charge is -2.33. The maximum absolute atomic E-state index is 12.7. The second kappa shape index (κ2) is 9.63. The quantitative estimate of drug-likeness (QED) is 0.566. The van der Waals surface area contributed by atoms with Crippen LogP contribution in [0.15, 0.2) is 44.5 Å². The van der Waals surface area contributed by atoms with E-state index in [1.165, 1.54) is 12.4 Å². The summed E-state index contributed by atoms with van der Waals surface area (Å²) in [7, 11) is 0. The molecule has 11 heteroatoms. The van der Waals surface area contributed by atoms with Crippen molar-refractivity contribution >= 4 is 55.4 Å². The molecule has 2 aromatic rings. The fourth-order valence-corrected chi connectivity index (χ4v) is 3.58. The van der Waals surface area contributed by atoms with Crippen molar-refractivity contribution < 1.29 is 19.1 Å². The van der Waals surface area contributed by atoms with E-state index in [2.05, 4.69) is 52.5 Å². The highest BCUT2D eigenvalue weighted by Gasteiger charge is 2.34. The van der Waals surface area contributed by atoms with Crippen molar-refractivity contribution in [3.8, 4) is 0 Å². The fourth-order valence-electron chi connectivity index (χ4n) is 3.01. The summed E-state index contributed by atoms with van der Waals surface area (Å²) in [5.74, 6) is -0.0955. The number of anilines is 1. The molecule has 0 saturated heterocycles. The number of ether oxygens (including phenoxy) is 2. The van der Waals surface area contributed by atoms with E-state index in [0.29, 0.717) is 21.6 Å². The maximum atomic E-state index is 12.7. The number of benzene rings is 1. The van der Waals surface area contributed by atoms with Gasteiger partial charge in [0.15, 0.2) is 0 Å². The lowest BCUT2D eigenvalue weighted by Crippen LogP contribution is -2.44. The number of aromatic nitrogens is 2. The monoisotopic (exact) mass is 567 g/mol. The highest BCUT2D eigenvalue weighted by atomic mass is 79.9. The highest BCUT2D eigenvalue weighted by Crippen LogP contribution is 2.36. The molecule has 0 spiro atoms. The summed E-state index contributed by atoms with van der Waals surface area (Å²) in [6.07, 6.45) is 2.39. The molecule has 3 rings (SSSR count). The van der Waals surface area contributed by atoms with Crippen LogP contribution in [0.5, 0.6) is 0 Å². The summed E-state index contributed by atoms with van der Waals surface area (Å²) in [6, 6.07) is 5.41. The highest BCUT2D eigenvalue weighted by molar-refractivity contribution is 9.10. The van der Waals surface area contributed by atoms with Crippen molar-refractivity contribution in [1.29, 1.82) is 0 Å². The first-order valence-corrected chi connectivity index (χ1v) is 11.3. The number of alkyl carbamates (subject to hydrolysis) is 1. The number of hydrogen-bond acceptors (Lipinski definition) is 7. The van der Waals surface area contributed by atoms with Crippen LogP contribution in [0, 0.1) is 0 Å². The van der Waals surface area contributed by atoms with Crippen molar-refractivity contribution in [3.05, 3.63) is 50.9 Å². The Morgan fingerprint density at radius 1 is 1.12 bits per heavy atom. The van der Waals surface area contributed by atoms with E-state index in [9.17, 15) is 9.59 Å². The number of carbonyl (C=O) groups is 2. The number of amides is 2. The second-order valence-corrected chi connectivity index (χ2v) is 10.2. The lowest BCUT2D eigenvalue weighted by molar-refractivity contribution is 0.0543. The SMILES string of the molecule is CC(C)(C)OC(=O)NC1=NC(C)(c2cc(Br)ccc2NC(=O)c2ncc(Br)cn2)COC1. The smallest absolute Gasteiger partial charge is 0.413 e. The third kappa shape index (κ3) is 6.33. The van der Waals surface area contributed by atoms with E-state index in [0.717, 1.165) is 4.47 Å². The molecule has 1 unspecified atom stereocenters. The second-order valence-electron chi connectivity index (χ2n) is 8.32. The average Bonchev–Trinajstić information content (AvgIpc) is 2.68. The van der Waals surface area contributed by atoms with Gasteiger partial charge in [0.1, 0.15) is 23.6 Å². The van der Waals surface area contributed by atoms with Gasteiger partial charge in [-0.25, -0.2) is 14.8 Å². The Bertz CT molecular complexity index is 1050. The summed E-state index contributed by atoms with van der Waals surface area (Å²) in [5, 5.41) is 5.49. The van der Waals surface area contributed by atoms with Crippen LogP contribution in [0.4, 0.5) is 10.5 Å². The summed E-state index contributed by atoms with van der Waals surface area (Å²) >= 11 is 6.72. The van der Waals surface area contributed by atoms with Gasteiger partial charge in [0.05, 0.1) is 11.1 Å². The number of hydrogen-bond donors (Lipinski definition) is 2. The molecule has 0 bridgehead atoms. The molecule has 1 aliphatic heterocycles. The molecule has 170 valence electrons. The number of halogens is 2. The van der Waals surface area contributed by atoms with E-state index >= 15 is 0 Å². The average molecular weight is 569 g/mol. The minimum Gasteiger partial charge on any atom is -0.444 e. The zero-order valence-electron chi connectivity index (χ0n) is 18.0. The van der Waals surface area contributed by atoms with Crippen LogP contribution < -0.4 is 10.6 Å². The van der Waals surface area contributed by atoms with Gasteiger partial charge < -0.3 is 14.8 Å². The predicted molar refractivity (Wildman–Crippen MR) is 127 cm³/mol. The van der Waals surface area contributed by atoms with Crippen LogP contribution in [0.3, 0.4) is 0 Å². The van der Waals surface area contributed by atoms with Crippen molar-refractivity contribution in [1.82, 2.24) is 15.3 Å². The molecular weight excluding hydrogens is 546 g/mol. The van der Waals surface area contributed by atoms with Gasteiger partial charge in [-0.1, -0.05) is 15.9 Å². The Labute approximate surface area is 202 Å². The molecule has 2 heterocycles. The molecule has 0 radical (unpaired) electrons. The van der Waals surface area contributed by atoms with E-state index in [1.54, 1.807) is 32.9 Å². The van der Waals surface area contributed by atoms with Crippen molar-refractivity contribution in [2.75, 3.05) is 18.5 Å². The molecule has 1 aromatic heterocycles. The molecule has 9 nitrogen and oxygen atoms in total. The first-order chi connectivity index (χ1) is 14.9. The number of aliphatic imine (C=N–C) groups is 1. The van der Waals surface area contributed by atoms with Crippen molar-refractivity contribution in [2.24, 2.45) is 4.99 Å². The standard InChI is InChI=1S/C21H23Br2N5O4/c1-20(2,3)32-19(30)27-16-10-31-11-21(4,28-16)14-7-12(22)5-6-15(14)26-18(29)17-24-8-13(23)9-25-17/h5-9H,10-11H2,1-4H3,(H,26,29)(H,27,28,30). The Balaban J connectivity index is 1.88. The Morgan fingerprint density at radius 2 is 1.81 bits per heavy atom. The molecule has 2 N–H and O–H groups in total. The van der Waals surface area contributed by atoms with Crippen LogP contribution in [0.25, 0.3) is 0 Å². The number of nitrogens with zero attached hydrogens (tertiary/aromatic N) is 3. The van der Waals surface area contributed by atoms with Crippen LogP contribution in [0.1, 0.15) is 43.9 Å². The molecular formula is C21H23Br2N5O4. The van der Waals surface area contributed by atoms with Gasteiger partial charge in [-0.15, -0.1) is 0 Å². The van der Waals surface area contributed by atoms with Gasteiger partial charge in [0, 0.05) is 28.1 Å². The normalized spacial score (nSPS) is 18.5. The number of nitrogens with one attached hydrogen (secondary N) is 2. The van der Waals surface area contributed by atoms with Crippen molar-refractivity contribution in [2.45, 2.75) is 38.8 Å². The van der Waals surface area contributed by atoms with Crippen molar-refractivity contribution in [3.63, 3.8) is 0 Å². The minimum absolute atomic E-state index is 0.0305. The van der Waals surface area contributed by atoms with E-state index < -0.39 is 23.1 Å². The van der Waals surface area contributed by atoms with E-state index in [1.807, 2.05) is 13.0 Å². The fraction of sp³-hybridized carbons (Fsp3) is 0.381. The lowest BCUT2D eigenvalue weighted by atomic mass is 9.91. The third-order valence-electron chi connectivity index (χ3n) is 4.28. The van der Waals surface area contributed by atoms with E-state index in [-0.39, 0.29) is 19.0 Å². The summed E-state index contributed by atoms with van der Waals surface area (Å²) < 4.78 is 12.5. The minimum atomic E-state index is -0.879.